The first-order chi connectivity index (χ1) is 10.5. The summed E-state index contributed by atoms with van der Waals surface area (Å²) in [6.45, 7) is 0.497. The van der Waals surface area contributed by atoms with E-state index >= 15 is 0 Å². The zero-order valence-corrected chi connectivity index (χ0v) is 12.7. The van der Waals surface area contributed by atoms with Crippen molar-refractivity contribution in [1.82, 2.24) is 15.1 Å². The summed E-state index contributed by atoms with van der Waals surface area (Å²) in [5, 5.41) is 9.78. The number of anilines is 1. The van der Waals surface area contributed by atoms with Gasteiger partial charge in [-0.25, -0.2) is 4.79 Å². The minimum Gasteiger partial charge on any atom is -0.465 e. The van der Waals surface area contributed by atoms with Crippen LogP contribution in [0, 0.1) is 0 Å². The molecule has 0 aliphatic rings. The van der Waals surface area contributed by atoms with Crippen LogP contribution in [-0.4, -0.2) is 48.2 Å². The molecular weight excluding hydrogens is 284 g/mol. The fourth-order valence-electron chi connectivity index (χ4n) is 1.89. The molecule has 2 rings (SSSR count). The number of carbonyl (C=O) groups excluding carboxylic acids is 2. The first kappa shape index (κ1) is 15.6. The maximum atomic E-state index is 12.0. The lowest BCUT2D eigenvalue weighted by molar-refractivity contribution is 0.0600. The fraction of sp³-hybridized carbons (Fsp3) is 0.267. The predicted octanol–water partition coefficient (Wildman–Crippen LogP) is 1.51. The summed E-state index contributed by atoms with van der Waals surface area (Å²) in [5.41, 5.74) is 1.94. The number of esters is 1. The number of nitrogens with one attached hydrogen (secondary N) is 2. The van der Waals surface area contributed by atoms with Crippen molar-refractivity contribution in [1.29, 1.82) is 0 Å². The van der Waals surface area contributed by atoms with Crippen LogP contribution in [0.4, 0.5) is 5.82 Å². The number of aromatic amines is 1. The van der Waals surface area contributed by atoms with Crippen LogP contribution in [0.15, 0.2) is 30.5 Å². The molecule has 1 aromatic heterocycles. The average Bonchev–Trinajstić information content (AvgIpc) is 3.00. The second-order valence-electron chi connectivity index (χ2n) is 4.90. The van der Waals surface area contributed by atoms with E-state index < -0.39 is 0 Å². The van der Waals surface area contributed by atoms with Crippen LogP contribution in [0.1, 0.15) is 26.3 Å². The topological polar surface area (TPSA) is 87.3 Å². The van der Waals surface area contributed by atoms with E-state index in [9.17, 15) is 9.59 Å². The van der Waals surface area contributed by atoms with E-state index in [-0.39, 0.29) is 11.9 Å². The highest BCUT2D eigenvalue weighted by Gasteiger charge is 2.15. The van der Waals surface area contributed by atoms with E-state index in [1.807, 2.05) is 12.1 Å². The molecule has 1 heterocycles. The van der Waals surface area contributed by atoms with Crippen molar-refractivity contribution in [2.75, 3.05) is 26.5 Å². The minimum absolute atomic E-state index is 0.128. The Kier molecular flexibility index (Phi) is 4.77. The second-order valence-corrected chi connectivity index (χ2v) is 4.90. The molecule has 1 aromatic carbocycles. The van der Waals surface area contributed by atoms with Gasteiger partial charge in [0.05, 0.1) is 18.9 Å². The Morgan fingerprint density at radius 2 is 1.95 bits per heavy atom. The summed E-state index contributed by atoms with van der Waals surface area (Å²) < 4.78 is 4.65. The third-order valence-electron chi connectivity index (χ3n) is 3.12. The van der Waals surface area contributed by atoms with Gasteiger partial charge < -0.3 is 15.0 Å². The van der Waals surface area contributed by atoms with Crippen molar-refractivity contribution >= 4 is 17.7 Å². The Morgan fingerprint density at radius 1 is 1.27 bits per heavy atom. The Labute approximate surface area is 128 Å². The highest BCUT2D eigenvalue weighted by atomic mass is 16.5. The Balaban J connectivity index is 2.03. The Bertz CT molecular complexity index is 662. The van der Waals surface area contributed by atoms with Gasteiger partial charge in [-0.3, -0.25) is 9.89 Å². The number of rotatable bonds is 5. The van der Waals surface area contributed by atoms with Gasteiger partial charge in [0.2, 0.25) is 0 Å². The zero-order chi connectivity index (χ0) is 16.1. The number of methoxy groups -OCH3 is 1. The Hall–Kier alpha value is -2.83. The molecule has 0 radical (unpaired) electrons. The highest BCUT2D eigenvalue weighted by Crippen LogP contribution is 2.14. The lowest BCUT2D eigenvalue weighted by Crippen LogP contribution is -2.22. The van der Waals surface area contributed by atoms with E-state index in [1.54, 1.807) is 26.2 Å². The SMILES string of the molecule is COC(=O)c1ccc(CNc2[nH]ncc2C(=O)N(C)C)cc1. The first-order valence-corrected chi connectivity index (χ1v) is 6.69. The van der Waals surface area contributed by atoms with Crippen molar-refractivity contribution in [2.45, 2.75) is 6.54 Å². The number of H-pyrrole nitrogens is 1. The number of hydrogen-bond acceptors (Lipinski definition) is 5. The predicted molar refractivity (Wildman–Crippen MR) is 81.7 cm³/mol. The second kappa shape index (κ2) is 6.75. The maximum Gasteiger partial charge on any atom is 0.337 e. The summed E-state index contributed by atoms with van der Waals surface area (Å²) in [7, 11) is 4.72. The monoisotopic (exact) mass is 302 g/mol. The van der Waals surface area contributed by atoms with E-state index in [2.05, 4.69) is 20.3 Å². The van der Waals surface area contributed by atoms with Crippen LogP contribution in [-0.2, 0) is 11.3 Å². The van der Waals surface area contributed by atoms with Crippen molar-refractivity contribution in [2.24, 2.45) is 0 Å². The molecular formula is C15H18N4O3. The summed E-state index contributed by atoms with van der Waals surface area (Å²) in [4.78, 5) is 24.8. The molecule has 0 aliphatic heterocycles. The zero-order valence-electron chi connectivity index (χ0n) is 12.7. The molecule has 0 saturated heterocycles. The third-order valence-corrected chi connectivity index (χ3v) is 3.12. The summed E-state index contributed by atoms with van der Waals surface area (Å²) in [6.07, 6.45) is 1.49. The van der Waals surface area contributed by atoms with Crippen LogP contribution < -0.4 is 5.32 Å². The number of hydrogen-bond donors (Lipinski definition) is 2. The van der Waals surface area contributed by atoms with E-state index in [1.165, 1.54) is 18.2 Å². The lowest BCUT2D eigenvalue weighted by atomic mass is 10.1. The lowest BCUT2D eigenvalue weighted by Gasteiger charge is -2.11. The number of benzene rings is 1. The first-order valence-electron chi connectivity index (χ1n) is 6.69. The van der Waals surface area contributed by atoms with Gasteiger partial charge in [0.25, 0.3) is 5.91 Å². The molecule has 0 fully saturated rings. The molecule has 0 bridgehead atoms. The average molecular weight is 302 g/mol. The summed E-state index contributed by atoms with van der Waals surface area (Å²) in [5.74, 6) is 0.0694. The number of aromatic nitrogens is 2. The van der Waals surface area contributed by atoms with Crippen molar-refractivity contribution in [3.05, 3.63) is 47.2 Å². The largest absolute Gasteiger partial charge is 0.465 e. The molecule has 116 valence electrons. The summed E-state index contributed by atoms with van der Waals surface area (Å²) in [6, 6.07) is 7.04. The molecule has 0 unspecified atom stereocenters. The third kappa shape index (κ3) is 3.43. The number of nitrogens with zero attached hydrogens (tertiary/aromatic N) is 2. The van der Waals surface area contributed by atoms with Gasteiger partial charge in [-0.2, -0.15) is 5.10 Å². The molecule has 0 spiro atoms. The summed E-state index contributed by atoms with van der Waals surface area (Å²) >= 11 is 0. The molecule has 2 N–H and O–H groups in total. The van der Waals surface area contributed by atoms with Crippen LogP contribution in [0.3, 0.4) is 0 Å². The minimum atomic E-state index is -0.369. The fourth-order valence-corrected chi connectivity index (χ4v) is 1.89. The van der Waals surface area contributed by atoms with Gasteiger partial charge in [-0.1, -0.05) is 12.1 Å². The molecule has 7 nitrogen and oxygen atoms in total. The van der Waals surface area contributed by atoms with Gasteiger partial charge in [-0.05, 0) is 17.7 Å². The van der Waals surface area contributed by atoms with Gasteiger partial charge in [0, 0.05) is 20.6 Å². The number of carbonyl (C=O) groups is 2. The van der Waals surface area contributed by atoms with Gasteiger partial charge in [-0.15, -0.1) is 0 Å². The van der Waals surface area contributed by atoms with Gasteiger partial charge in [0.1, 0.15) is 11.4 Å². The molecule has 1 amide bonds. The smallest absolute Gasteiger partial charge is 0.337 e. The number of amides is 1. The molecule has 0 aliphatic carbocycles. The normalized spacial score (nSPS) is 10.1. The van der Waals surface area contributed by atoms with Gasteiger partial charge >= 0.3 is 5.97 Å². The molecule has 0 atom stereocenters. The van der Waals surface area contributed by atoms with Crippen molar-refractivity contribution < 1.29 is 14.3 Å². The molecule has 7 heteroatoms. The van der Waals surface area contributed by atoms with E-state index in [0.717, 1.165) is 5.56 Å². The van der Waals surface area contributed by atoms with Crippen LogP contribution in [0.5, 0.6) is 0 Å². The van der Waals surface area contributed by atoms with Gasteiger partial charge in [0.15, 0.2) is 0 Å². The maximum absolute atomic E-state index is 12.0. The number of ether oxygens (including phenoxy) is 1. The van der Waals surface area contributed by atoms with Crippen molar-refractivity contribution in [3.63, 3.8) is 0 Å². The van der Waals surface area contributed by atoms with E-state index in [0.29, 0.717) is 23.5 Å². The Morgan fingerprint density at radius 3 is 2.55 bits per heavy atom. The van der Waals surface area contributed by atoms with Crippen LogP contribution in [0.2, 0.25) is 0 Å². The van der Waals surface area contributed by atoms with Crippen LogP contribution in [0.25, 0.3) is 0 Å². The highest BCUT2D eigenvalue weighted by molar-refractivity contribution is 5.98. The van der Waals surface area contributed by atoms with E-state index in [4.69, 9.17) is 0 Å². The quantitative estimate of drug-likeness (QED) is 0.818. The molecule has 22 heavy (non-hydrogen) atoms. The molecule has 2 aromatic rings. The standard InChI is InChI=1S/C15H18N4O3/c1-19(2)14(20)12-9-17-18-13(12)16-8-10-4-6-11(7-5-10)15(21)22-3/h4-7,9H,8H2,1-3H3,(H2,16,17,18). The van der Waals surface area contributed by atoms with Crippen molar-refractivity contribution in [3.8, 4) is 0 Å². The molecule has 0 saturated carbocycles. The van der Waals surface area contributed by atoms with Crippen LogP contribution >= 0.6 is 0 Å².